The zero-order chi connectivity index (χ0) is 10.8. The van der Waals surface area contributed by atoms with Crippen molar-refractivity contribution in [3.8, 4) is 0 Å². The first-order chi connectivity index (χ1) is 6.44. The molecule has 0 aromatic carbocycles. The Labute approximate surface area is 83.7 Å². The molecule has 0 bridgehead atoms. The monoisotopic (exact) mass is 199 g/mol. The van der Waals surface area contributed by atoms with Gasteiger partial charge in [0.1, 0.15) is 5.54 Å². The molecule has 2 N–H and O–H groups in total. The lowest BCUT2D eigenvalue weighted by Crippen LogP contribution is -2.53. The minimum Gasteiger partial charge on any atom is -0.480 e. The molecule has 0 aliphatic heterocycles. The standard InChI is InChI=1S/C10H17NO3/c1-7(12)11-10(2,9(13)14)6-8-4-3-5-8/h8H,3-6H2,1-2H3,(H,11,12)(H,13,14). The third-order valence-electron chi connectivity index (χ3n) is 2.85. The summed E-state index contributed by atoms with van der Waals surface area (Å²) in [4.78, 5) is 21.9. The lowest BCUT2D eigenvalue weighted by molar-refractivity contribution is -0.147. The molecule has 80 valence electrons. The van der Waals surface area contributed by atoms with Crippen LogP contribution in [0.4, 0.5) is 0 Å². The van der Waals surface area contributed by atoms with Crippen LogP contribution < -0.4 is 5.32 Å². The van der Waals surface area contributed by atoms with Crippen LogP contribution in [0.1, 0.15) is 39.5 Å². The van der Waals surface area contributed by atoms with Crippen LogP contribution in [0.15, 0.2) is 0 Å². The lowest BCUT2D eigenvalue weighted by Gasteiger charge is -2.34. The Morgan fingerprint density at radius 3 is 2.36 bits per heavy atom. The summed E-state index contributed by atoms with van der Waals surface area (Å²) < 4.78 is 0. The van der Waals surface area contributed by atoms with Crippen LogP contribution in [0.3, 0.4) is 0 Å². The van der Waals surface area contributed by atoms with Gasteiger partial charge < -0.3 is 10.4 Å². The van der Waals surface area contributed by atoms with Crippen LogP contribution in [0.25, 0.3) is 0 Å². The Kier molecular flexibility index (Phi) is 3.13. The topological polar surface area (TPSA) is 66.4 Å². The van der Waals surface area contributed by atoms with Crippen molar-refractivity contribution in [3.05, 3.63) is 0 Å². The van der Waals surface area contributed by atoms with Gasteiger partial charge in [-0.3, -0.25) is 4.79 Å². The van der Waals surface area contributed by atoms with Gasteiger partial charge in [-0.05, 0) is 19.3 Å². The first kappa shape index (κ1) is 11.0. The highest BCUT2D eigenvalue weighted by molar-refractivity contribution is 5.85. The van der Waals surface area contributed by atoms with Crippen molar-refractivity contribution >= 4 is 11.9 Å². The molecule has 14 heavy (non-hydrogen) atoms. The number of carboxylic acids is 1. The zero-order valence-electron chi connectivity index (χ0n) is 8.67. The maximum Gasteiger partial charge on any atom is 0.329 e. The Balaban J connectivity index is 2.59. The third kappa shape index (κ3) is 2.47. The van der Waals surface area contributed by atoms with Gasteiger partial charge in [-0.2, -0.15) is 0 Å². The van der Waals surface area contributed by atoms with Gasteiger partial charge in [-0.25, -0.2) is 4.79 Å². The minimum atomic E-state index is -1.09. The number of nitrogens with one attached hydrogen (secondary N) is 1. The largest absolute Gasteiger partial charge is 0.480 e. The van der Waals surface area contributed by atoms with Crippen molar-refractivity contribution in [2.45, 2.75) is 45.1 Å². The molecule has 1 rings (SSSR count). The van der Waals surface area contributed by atoms with Crippen molar-refractivity contribution in [1.82, 2.24) is 5.32 Å². The molecule has 0 aromatic rings. The van der Waals surface area contributed by atoms with Gasteiger partial charge in [0.15, 0.2) is 0 Å². The van der Waals surface area contributed by atoms with Crippen LogP contribution in [0.2, 0.25) is 0 Å². The smallest absolute Gasteiger partial charge is 0.329 e. The summed E-state index contributed by atoms with van der Waals surface area (Å²) in [6.07, 6.45) is 3.90. The first-order valence-corrected chi connectivity index (χ1v) is 4.96. The summed E-state index contributed by atoms with van der Waals surface area (Å²) in [6.45, 7) is 2.93. The average molecular weight is 199 g/mol. The van der Waals surface area contributed by atoms with E-state index < -0.39 is 11.5 Å². The fourth-order valence-electron chi connectivity index (χ4n) is 1.85. The fourth-order valence-corrected chi connectivity index (χ4v) is 1.85. The summed E-state index contributed by atoms with van der Waals surface area (Å²) in [5, 5.41) is 11.6. The minimum absolute atomic E-state index is 0.283. The van der Waals surface area contributed by atoms with E-state index in [9.17, 15) is 9.59 Å². The van der Waals surface area contributed by atoms with Crippen molar-refractivity contribution in [3.63, 3.8) is 0 Å². The van der Waals surface area contributed by atoms with Gasteiger partial charge in [0.05, 0.1) is 0 Å². The van der Waals surface area contributed by atoms with E-state index in [2.05, 4.69) is 5.32 Å². The second-order valence-corrected chi connectivity index (χ2v) is 4.32. The molecular formula is C10H17NO3. The van der Waals surface area contributed by atoms with E-state index in [-0.39, 0.29) is 5.91 Å². The number of carboxylic acid groups (broad SMARTS) is 1. The van der Waals surface area contributed by atoms with Gasteiger partial charge in [-0.1, -0.05) is 19.3 Å². The SMILES string of the molecule is CC(=O)NC(C)(CC1CCC1)C(=O)O. The molecule has 1 unspecified atom stereocenters. The van der Waals surface area contributed by atoms with Crippen molar-refractivity contribution < 1.29 is 14.7 Å². The predicted octanol–water partition coefficient (Wildman–Crippen LogP) is 1.16. The van der Waals surface area contributed by atoms with Crippen LogP contribution in [-0.2, 0) is 9.59 Å². The van der Waals surface area contributed by atoms with E-state index in [1.54, 1.807) is 6.92 Å². The molecule has 0 heterocycles. The van der Waals surface area contributed by atoms with Crippen molar-refractivity contribution in [2.75, 3.05) is 0 Å². The summed E-state index contributed by atoms with van der Waals surface area (Å²) >= 11 is 0. The highest BCUT2D eigenvalue weighted by Crippen LogP contribution is 2.33. The van der Waals surface area contributed by atoms with E-state index in [1.807, 2.05) is 0 Å². The number of hydrogen-bond acceptors (Lipinski definition) is 2. The molecule has 1 fully saturated rings. The molecule has 1 saturated carbocycles. The van der Waals surface area contributed by atoms with E-state index >= 15 is 0 Å². The molecule has 1 aliphatic rings. The lowest BCUT2D eigenvalue weighted by atomic mass is 9.76. The summed E-state index contributed by atoms with van der Waals surface area (Å²) in [5.41, 5.74) is -1.09. The van der Waals surface area contributed by atoms with Crippen LogP contribution >= 0.6 is 0 Å². The molecule has 1 amide bonds. The summed E-state index contributed by atoms with van der Waals surface area (Å²) in [5.74, 6) is -0.767. The number of rotatable bonds is 4. The second-order valence-electron chi connectivity index (χ2n) is 4.32. The molecule has 1 aliphatic carbocycles. The predicted molar refractivity (Wildman–Crippen MR) is 51.8 cm³/mol. The van der Waals surface area contributed by atoms with Crippen molar-refractivity contribution in [1.29, 1.82) is 0 Å². The molecule has 0 radical (unpaired) electrons. The Bertz CT molecular complexity index is 248. The van der Waals surface area contributed by atoms with Gasteiger partial charge >= 0.3 is 5.97 Å². The molecule has 4 nitrogen and oxygen atoms in total. The average Bonchev–Trinajstić information content (AvgIpc) is 1.95. The van der Waals surface area contributed by atoms with Gasteiger partial charge in [0, 0.05) is 6.92 Å². The fraction of sp³-hybridized carbons (Fsp3) is 0.800. The van der Waals surface area contributed by atoms with Gasteiger partial charge in [0.2, 0.25) is 5.91 Å². The maximum atomic E-state index is 11.0. The van der Waals surface area contributed by atoms with E-state index in [4.69, 9.17) is 5.11 Å². The Morgan fingerprint density at radius 1 is 1.50 bits per heavy atom. The third-order valence-corrected chi connectivity index (χ3v) is 2.85. The van der Waals surface area contributed by atoms with Crippen LogP contribution in [0.5, 0.6) is 0 Å². The molecule has 4 heteroatoms. The molecule has 0 saturated heterocycles. The molecule has 1 atom stereocenters. The first-order valence-electron chi connectivity index (χ1n) is 4.96. The molecular weight excluding hydrogens is 182 g/mol. The number of amides is 1. The van der Waals surface area contributed by atoms with Crippen LogP contribution in [-0.4, -0.2) is 22.5 Å². The maximum absolute atomic E-state index is 11.0. The second kappa shape index (κ2) is 3.98. The summed E-state index contributed by atoms with van der Waals surface area (Å²) in [6, 6.07) is 0. The zero-order valence-corrected chi connectivity index (χ0v) is 8.67. The van der Waals surface area contributed by atoms with E-state index in [0.717, 1.165) is 12.8 Å². The number of carbonyl (C=O) groups is 2. The van der Waals surface area contributed by atoms with Gasteiger partial charge in [0.25, 0.3) is 0 Å². The number of aliphatic carboxylic acids is 1. The van der Waals surface area contributed by atoms with Gasteiger partial charge in [-0.15, -0.1) is 0 Å². The normalized spacial score (nSPS) is 20.7. The number of carbonyl (C=O) groups excluding carboxylic acids is 1. The Morgan fingerprint density at radius 2 is 2.07 bits per heavy atom. The highest BCUT2D eigenvalue weighted by Gasteiger charge is 2.37. The number of hydrogen-bond donors (Lipinski definition) is 2. The van der Waals surface area contributed by atoms with Crippen LogP contribution in [0, 0.1) is 5.92 Å². The van der Waals surface area contributed by atoms with E-state index in [1.165, 1.54) is 13.3 Å². The quantitative estimate of drug-likeness (QED) is 0.714. The molecule has 0 spiro atoms. The Hall–Kier alpha value is -1.06. The highest BCUT2D eigenvalue weighted by atomic mass is 16.4. The van der Waals surface area contributed by atoms with E-state index in [0.29, 0.717) is 12.3 Å². The molecule has 0 aromatic heterocycles. The van der Waals surface area contributed by atoms with Crippen molar-refractivity contribution in [2.24, 2.45) is 5.92 Å². The summed E-state index contributed by atoms with van der Waals surface area (Å²) in [7, 11) is 0.